The third-order valence-corrected chi connectivity index (χ3v) is 6.80. The SMILES string of the molecule is C[C@@H](O)[C@H](NC(=O)[C@H](CCN)NC(=O)[C@@H](NC(=O)[C@@H](Cc1ccccc1)NC(=O)[C@H](CN)NC(=O)[C@@H](N)CCN)[C@@H](C)O)C(=O)O. The average molecular weight is 654 g/mol. The topological polar surface area (TPSA) is 327 Å². The lowest BCUT2D eigenvalue weighted by Crippen LogP contribution is -2.62. The van der Waals surface area contributed by atoms with E-state index in [0.29, 0.717) is 5.56 Å². The number of carbonyl (C=O) groups is 6. The van der Waals surface area contributed by atoms with Gasteiger partial charge >= 0.3 is 5.97 Å². The predicted molar refractivity (Wildman–Crippen MR) is 165 cm³/mol. The van der Waals surface area contributed by atoms with Crippen molar-refractivity contribution < 1.29 is 44.1 Å². The van der Waals surface area contributed by atoms with Crippen LogP contribution in [0.4, 0.5) is 0 Å². The molecular weight excluding hydrogens is 606 g/mol. The molecule has 0 aliphatic carbocycles. The first-order chi connectivity index (χ1) is 21.7. The fourth-order valence-electron chi connectivity index (χ4n) is 4.15. The maximum Gasteiger partial charge on any atom is 0.328 e. The minimum absolute atomic E-state index is 0.0708. The van der Waals surface area contributed by atoms with E-state index in [2.05, 4.69) is 26.6 Å². The smallest absolute Gasteiger partial charge is 0.328 e. The molecule has 18 nitrogen and oxygen atoms in total. The summed E-state index contributed by atoms with van der Waals surface area (Å²) in [6.45, 7) is 2.03. The number of amides is 5. The molecule has 0 fully saturated rings. The summed E-state index contributed by atoms with van der Waals surface area (Å²) in [4.78, 5) is 76.4. The van der Waals surface area contributed by atoms with Crippen LogP contribution in [0.5, 0.6) is 0 Å². The molecule has 0 aliphatic heterocycles. The molecule has 8 atom stereocenters. The summed E-state index contributed by atoms with van der Waals surface area (Å²) >= 11 is 0. The first kappa shape index (κ1) is 39.8. The molecule has 0 aliphatic rings. The van der Waals surface area contributed by atoms with Crippen molar-refractivity contribution in [1.29, 1.82) is 0 Å². The van der Waals surface area contributed by atoms with E-state index in [4.69, 9.17) is 22.9 Å². The maximum absolute atomic E-state index is 13.5. The number of hydrogen-bond acceptors (Lipinski definition) is 12. The van der Waals surface area contributed by atoms with Crippen LogP contribution < -0.4 is 49.5 Å². The summed E-state index contributed by atoms with van der Waals surface area (Å²) in [5, 5.41) is 41.1. The summed E-state index contributed by atoms with van der Waals surface area (Å²) in [6, 6.07) is 0.194. The Balaban J connectivity index is 3.20. The van der Waals surface area contributed by atoms with Crippen molar-refractivity contribution in [2.24, 2.45) is 22.9 Å². The number of rotatable bonds is 20. The van der Waals surface area contributed by atoms with Crippen molar-refractivity contribution in [3.63, 3.8) is 0 Å². The zero-order chi connectivity index (χ0) is 35.0. The van der Waals surface area contributed by atoms with Crippen molar-refractivity contribution in [2.45, 2.75) is 81.6 Å². The molecule has 0 heterocycles. The Hall–Kier alpha value is -4.20. The largest absolute Gasteiger partial charge is 0.480 e. The molecule has 1 aromatic rings. The van der Waals surface area contributed by atoms with Crippen LogP contribution in [0, 0.1) is 0 Å². The van der Waals surface area contributed by atoms with E-state index in [1.54, 1.807) is 30.3 Å². The monoisotopic (exact) mass is 653 g/mol. The van der Waals surface area contributed by atoms with Crippen molar-refractivity contribution in [3.8, 4) is 0 Å². The van der Waals surface area contributed by atoms with Gasteiger partial charge in [-0.2, -0.15) is 0 Å². The summed E-state index contributed by atoms with van der Waals surface area (Å²) < 4.78 is 0. The minimum atomic E-state index is -1.68. The number of carboxylic acids is 1. The molecule has 16 N–H and O–H groups in total. The Kier molecular flexibility index (Phi) is 17.3. The van der Waals surface area contributed by atoms with Crippen LogP contribution in [0.2, 0.25) is 0 Å². The van der Waals surface area contributed by atoms with Crippen LogP contribution in [0.3, 0.4) is 0 Å². The first-order valence-electron chi connectivity index (χ1n) is 14.7. The number of carboxylic acid groups (broad SMARTS) is 1. The average Bonchev–Trinajstić information content (AvgIpc) is 3.00. The second-order valence-corrected chi connectivity index (χ2v) is 10.7. The van der Waals surface area contributed by atoms with Gasteiger partial charge in [-0.15, -0.1) is 0 Å². The van der Waals surface area contributed by atoms with Gasteiger partial charge in [0.05, 0.1) is 18.2 Å². The number of hydrogen-bond donors (Lipinski definition) is 12. The summed E-state index contributed by atoms with van der Waals surface area (Å²) in [5.74, 6) is -5.91. The van der Waals surface area contributed by atoms with Gasteiger partial charge in [0.1, 0.15) is 24.2 Å². The molecule has 258 valence electrons. The number of nitrogens with two attached hydrogens (primary N) is 4. The highest BCUT2D eigenvalue weighted by Gasteiger charge is 2.35. The highest BCUT2D eigenvalue weighted by Crippen LogP contribution is 2.07. The minimum Gasteiger partial charge on any atom is -0.480 e. The van der Waals surface area contributed by atoms with Crippen LogP contribution in [0.15, 0.2) is 30.3 Å². The quantitative estimate of drug-likeness (QED) is 0.0625. The van der Waals surface area contributed by atoms with Crippen molar-refractivity contribution in [3.05, 3.63) is 35.9 Å². The zero-order valence-electron chi connectivity index (χ0n) is 25.8. The molecule has 0 spiro atoms. The Morgan fingerprint density at radius 1 is 0.652 bits per heavy atom. The number of nitrogens with one attached hydrogen (secondary N) is 5. The second kappa shape index (κ2) is 20.0. The lowest BCUT2D eigenvalue weighted by atomic mass is 10.0. The molecule has 5 amide bonds. The fourth-order valence-corrected chi connectivity index (χ4v) is 4.15. The lowest BCUT2D eigenvalue weighted by Gasteiger charge is -2.28. The Labute approximate surface area is 266 Å². The van der Waals surface area contributed by atoms with Crippen molar-refractivity contribution in [1.82, 2.24) is 26.6 Å². The molecule has 1 aromatic carbocycles. The highest BCUT2D eigenvalue weighted by molar-refractivity contribution is 5.96. The Bertz CT molecular complexity index is 1170. The van der Waals surface area contributed by atoms with E-state index in [0.717, 1.165) is 6.92 Å². The molecular formula is C28H47N9O9. The van der Waals surface area contributed by atoms with E-state index >= 15 is 0 Å². The van der Waals surface area contributed by atoms with Gasteiger partial charge in [0.15, 0.2) is 6.04 Å². The van der Waals surface area contributed by atoms with Gasteiger partial charge in [0.2, 0.25) is 29.5 Å². The third kappa shape index (κ3) is 13.0. The normalized spacial score (nSPS) is 16.3. The Morgan fingerprint density at radius 2 is 1.13 bits per heavy atom. The summed E-state index contributed by atoms with van der Waals surface area (Å²) in [5.41, 5.74) is 23.1. The molecule has 0 saturated heterocycles. The van der Waals surface area contributed by atoms with E-state index < -0.39 is 84.0 Å². The van der Waals surface area contributed by atoms with Gasteiger partial charge in [-0.1, -0.05) is 30.3 Å². The number of benzene rings is 1. The number of aliphatic hydroxyl groups is 2. The fraction of sp³-hybridized carbons (Fsp3) is 0.571. The van der Waals surface area contributed by atoms with Crippen LogP contribution in [-0.2, 0) is 35.2 Å². The van der Waals surface area contributed by atoms with E-state index in [1.165, 1.54) is 6.92 Å². The van der Waals surface area contributed by atoms with Gasteiger partial charge in [-0.3, -0.25) is 24.0 Å². The van der Waals surface area contributed by atoms with Gasteiger partial charge in [0, 0.05) is 13.0 Å². The van der Waals surface area contributed by atoms with Crippen LogP contribution in [0.25, 0.3) is 0 Å². The molecule has 0 bridgehead atoms. The van der Waals surface area contributed by atoms with E-state index in [-0.39, 0.29) is 38.9 Å². The van der Waals surface area contributed by atoms with E-state index in [1.807, 2.05) is 0 Å². The van der Waals surface area contributed by atoms with E-state index in [9.17, 15) is 44.1 Å². The predicted octanol–water partition coefficient (Wildman–Crippen LogP) is -5.52. The van der Waals surface area contributed by atoms with Gasteiger partial charge < -0.3 is 64.8 Å². The summed E-state index contributed by atoms with van der Waals surface area (Å²) in [7, 11) is 0. The lowest BCUT2D eigenvalue weighted by molar-refractivity contribution is -0.145. The number of aliphatic carboxylic acids is 1. The molecule has 0 aromatic heterocycles. The molecule has 0 saturated carbocycles. The molecule has 0 radical (unpaired) electrons. The number of carbonyl (C=O) groups excluding carboxylic acids is 5. The highest BCUT2D eigenvalue weighted by atomic mass is 16.4. The van der Waals surface area contributed by atoms with Gasteiger partial charge in [-0.25, -0.2) is 4.79 Å². The number of aliphatic hydroxyl groups excluding tert-OH is 2. The van der Waals surface area contributed by atoms with Crippen molar-refractivity contribution >= 4 is 35.5 Å². The third-order valence-electron chi connectivity index (χ3n) is 6.80. The summed E-state index contributed by atoms with van der Waals surface area (Å²) in [6.07, 6.45) is -3.05. The van der Waals surface area contributed by atoms with Crippen molar-refractivity contribution in [2.75, 3.05) is 19.6 Å². The first-order valence-corrected chi connectivity index (χ1v) is 14.7. The van der Waals surface area contributed by atoms with Crippen LogP contribution in [-0.4, -0.2) is 119 Å². The Morgan fingerprint density at radius 3 is 1.63 bits per heavy atom. The maximum atomic E-state index is 13.5. The molecule has 0 unspecified atom stereocenters. The van der Waals surface area contributed by atoms with Gasteiger partial charge in [-0.05, 0) is 45.3 Å². The standard InChI is InChI=1S/C28H47N9O9/c1-14(38)21(27(44)33-18(9-11-30)24(41)37-22(15(2)39)28(45)46)36-25(42)19(12-16-6-4-3-5-7-16)34-26(43)20(13-31)35-23(40)17(32)8-10-29/h3-7,14-15,17-22,38-39H,8-13,29-32H2,1-2H3,(H,33,44)(H,34,43)(H,35,40)(H,36,42)(H,37,41)(H,45,46)/t14-,15-,17+,18+,19-,20+,21+,22+/m1/s1. The second-order valence-electron chi connectivity index (χ2n) is 10.7. The zero-order valence-corrected chi connectivity index (χ0v) is 25.8. The van der Waals surface area contributed by atoms with Gasteiger partial charge in [0.25, 0.3) is 0 Å². The molecule has 18 heteroatoms. The van der Waals surface area contributed by atoms with Crippen LogP contribution in [0.1, 0.15) is 32.3 Å². The van der Waals surface area contributed by atoms with Crippen LogP contribution >= 0.6 is 0 Å². The molecule has 1 rings (SSSR count). The molecule has 46 heavy (non-hydrogen) atoms.